The average molecular weight is 386 g/mol. The Morgan fingerprint density at radius 1 is 0.966 bits per heavy atom. The van der Waals surface area contributed by atoms with Gasteiger partial charge < -0.3 is 9.64 Å². The molecule has 3 aromatic carbocycles. The summed E-state index contributed by atoms with van der Waals surface area (Å²) in [5, 5.41) is 8.54. The second kappa shape index (κ2) is 8.00. The molecule has 0 unspecified atom stereocenters. The predicted molar refractivity (Wildman–Crippen MR) is 109 cm³/mol. The number of hydroxylamine groups is 1. The number of nitrogens with one attached hydrogen (secondary N) is 1. The van der Waals surface area contributed by atoms with Crippen LogP contribution in [0.1, 0.15) is 21.5 Å². The van der Waals surface area contributed by atoms with Gasteiger partial charge in [-0.05, 0) is 41.5 Å². The van der Waals surface area contributed by atoms with Crippen LogP contribution in [0, 0.1) is 0 Å². The number of carbonyl (C=O) groups is 2. The van der Waals surface area contributed by atoms with Crippen molar-refractivity contribution in [3.63, 3.8) is 0 Å². The first-order valence-electron chi connectivity index (χ1n) is 9.04. The van der Waals surface area contributed by atoms with Crippen LogP contribution in [0.4, 0.5) is 5.69 Å². The fourth-order valence-corrected chi connectivity index (χ4v) is 3.15. The van der Waals surface area contributed by atoms with Crippen molar-refractivity contribution < 1.29 is 19.5 Å². The molecule has 1 aliphatic rings. The topological polar surface area (TPSA) is 78.9 Å². The molecule has 0 atom stereocenters. The van der Waals surface area contributed by atoms with Gasteiger partial charge in [0, 0.05) is 6.08 Å². The molecule has 29 heavy (non-hydrogen) atoms. The lowest BCUT2D eigenvalue weighted by molar-refractivity contribution is -0.124. The van der Waals surface area contributed by atoms with Gasteiger partial charge in [0.2, 0.25) is 0 Å². The van der Waals surface area contributed by atoms with Crippen molar-refractivity contribution >= 4 is 23.6 Å². The van der Waals surface area contributed by atoms with E-state index in [2.05, 4.69) is 0 Å². The summed E-state index contributed by atoms with van der Waals surface area (Å²) >= 11 is 0. The highest BCUT2D eigenvalue weighted by molar-refractivity contribution is 6.09. The number of ether oxygens (including phenoxy) is 1. The van der Waals surface area contributed by atoms with Crippen molar-refractivity contribution in [1.82, 2.24) is 5.48 Å². The van der Waals surface area contributed by atoms with Crippen molar-refractivity contribution in [2.75, 3.05) is 4.90 Å². The minimum absolute atomic E-state index is 0.130. The first-order valence-corrected chi connectivity index (χ1v) is 9.04. The quantitative estimate of drug-likeness (QED) is 0.401. The Bertz CT molecular complexity index is 1090. The third-order valence-electron chi connectivity index (χ3n) is 4.60. The number of rotatable bonds is 4. The summed E-state index contributed by atoms with van der Waals surface area (Å²) in [6.07, 6.45) is 2.82. The van der Waals surface area contributed by atoms with Crippen LogP contribution in [-0.2, 0) is 11.3 Å². The SMILES string of the molecule is O=C(C=Cc1ccc(CN2C(=O)c3ccccc3Oc3ccccc32)cc1)NO. The van der Waals surface area contributed by atoms with Crippen molar-refractivity contribution in [2.24, 2.45) is 0 Å². The van der Waals surface area contributed by atoms with E-state index in [1.165, 1.54) is 6.08 Å². The third kappa shape index (κ3) is 3.88. The highest BCUT2D eigenvalue weighted by atomic mass is 16.5. The molecule has 144 valence electrons. The maximum Gasteiger partial charge on any atom is 0.267 e. The lowest BCUT2D eigenvalue weighted by Gasteiger charge is -2.22. The van der Waals surface area contributed by atoms with Gasteiger partial charge in [-0.3, -0.25) is 14.8 Å². The summed E-state index contributed by atoms with van der Waals surface area (Å²) in [6, 6.07) is 22.1. The van der Waals surface area contributed by atoms with Gasteiger partial charge in [0.1, 0.15) is 5.75 Å². The smallest absolute Gasteiger partial charge is 0.267 e. The molecule has 0 bridgehead atoms. The summed E-state index contributed by atoms with van der Waals surface area (Å²) < 4.78 is 5.99. The van der Waals surface area contributed by atoms with Gasteiger partial charge in [0.25, 0.3) is 11.8 Å². The van der Waals surface area contributed by atoms with Gasteiger partial charge in [0.15, 0.2) is 5.75 Å². The Morgan fingerprint density at radius 3 is 2.41 bits per heavy atom. The van der Waals surface area contributed by atoms with E-state index >= 15 is 0 Å². The molecule has 0 saturated heterocycles. The Balaban J connectivity index is 1.64. The second-order valence-corrected chi connectivity index (χ2v) is 6.51. The second-order valence-electron chi connectivity index (χ2n) is 6.51. The molecular formula is C23H18N2O4. The molecule has 2 N–H and O–H groups in total. The first kappa shape index (κ1) is 18.5. The Morgan fingerprint density at radius 2 is 1.66 bits per heavy atom. The van der Waals surface area contributed by atoms with E-state index < -0.39 is 5.91 Å². The molecule has 0 aromatic heterocycles. The van der Waals surface area contributed by atoms with Gasteiger partial charge in [0.05, 0.1) is 17.8 Å². The fraction of sp³-hybridized carbons (Fsp3) is 0.0435. The summed E-state index contributed by atoms with van der Waals surface area (Å²) in [5.74, 6) is 0.434. The number of hydrogen-bond acceptors (Lipinski definition) is 4. The molecule has 3 aromatic rings. The minimum atomic E-state index is -0.598. The molecule has 1 heterocycles. The van der Waals surface area contributed by atoms with Crippen LogP contribution in [0.2, 0.25) is 0 Å². The first-order chi connectivity index (χ1) is 14.2. The zero-order chi connectivity index (χ0) is 20.2. The number of nitrogens with zero attached hydrogens (tertiary/aromatic N) is 1. The Hall–Kier alpha value is -3.90. The van der Waals surface area contributed by atoms with E-state index in [4.69, 9.17) is 9.94 Å². The van der Waals surface area contributed by atoms with E-state index in [-0.39, 0.29) is 5.91 Å². The lowest BCUT2D eigenvalue weighted by Crippen LogP contribution is -2.29. The van der Waals surface area contributed by atoms with Gasteiger partial charge in [-0.2, -0.15) is 0 Å². The van der Waals surface area contributed by atoms with E-state index in [1.807, 2.05) is 60.7 Å². The summed E-state index contributed by atoms with van der Waals surface area (Å²) in [6.45, 7) is 0.370. The largest absolute Gasteiger partial charge is 0.454 e. The predicted octanol–water partition coefficient (Wildman–Crippen LogP) is 4.16. The number of anilines is 1. The Labute approximate surface area is 167 Å². The van der Waals surface area contributed by atoms with Crippen molar-refractivity contribution in [2.45, 2.75) is 6.54 Å². The zero-order valence-electron chi connectivity index (χ0n) is 15.4. The molecule has 0 radical (unpaired) electrons. The summed E-state index contributed by atoms with van der Waals surface area (Å²) in [5.41, 5.74) is 4.49. The van der Waals surface area contributed by atoms with Crippen LogP contribution in [0.3, 0.4) is 0 Å². The van der Waals surface area contributed by atoms with E-state index in [1.54, 1.807) is 28.6 Å². The normalized spacial score (nSPS) is 12.7. The van der Waals surface area contributed by atoms with Gasteiger partial charge in [-0.1, -0.05) is 48.5 Å². The molecule has 0 saturated carbocycles. The van der Waals surface area contributed by atoms with E-state index in [9.17, 15) is 9.59 Å². The summed E-state index contributed by atoms with van der Waals surface area (Å²) in [4.78, 5) is 26.0. The van der Waals surface area contributed by atoms with Gasteiger partial charge >= 0.3 is 0 Å². The van der Waals surface area contributed by atoms with Crippen molar-refractivity contribution in [3.8, 4) is 11.5 Å². The molecule has 1 aliphatic heterocycles. The molecule has 6 nitrogen and oxygen atoms in total. The molecular weight excluding hydrogens is 368 g/mol. The van der Waals surface area contributed by atoms with Crippen LogP contribution in [0.5, 0.6) is 11.5 Å². The average Bonchev–Trinajstić information content (AvgIpc) is 2.88. The minimum Gasteiger partial charge on any atom is -0.454 e. The summed E-state index contributed by atoms with van der Waals surface area (Å²) in [7, 11) is 0. The molecule has 0 fully saturated rings. The van der Waals surface area contributed by atoms with Gasteiger partial charge in [-0.25, -0.2) is 5.48 Å². The molecule has 0 spiro atoms. The van der Waals surface area contributed by atoms with Crippen molar-refractivity contribution in [3.05, 3.63) is 95.6 Å². The monoisotopic (exact) mass is 386 g/mol. The number of fused-ring (bicyclic) bond motifs is 2. The van der Waals surface area contributed by atoms with Crippen LogP contribution in [-0.4, -0.2) is 17.0 Å². The molecule has 4 rings (SSSR count). The van der Waals surface area contributed by atoms with Gasteiger partial charge in [-0.15, -0.1) is 0 Å². The molecule has 0 aliphatic carbocycles. The number of hydrogen-bond donors (Lipinski definition) is 2. The van der Waals surface area contributed by atoms with Crippen molar-refractivity contribution in [1.29, 1.82) is 0 Å². The van der Waals surface area contributed by atoms with E-state index in [0.29, 0.717) is 29.3 Å². The highest BCUT2D eigenvalue weighted by Crippen LogP contribution is 2.39. The van der Waals surface area contributed by atoms with Crippen LogP contribution in [0.25, 0.3) is 6.08 Å². The van der Waals surface area contributed by atoms with Crippen LogP contribution >= 0.6 is 0 Å². The number of benzene rings is 3. The Kier molecular flexibility index (Phi) is 5.09. The highest BCUT2D eigenvalue weighted by Gasteiger charge is 2.27. The van der Waals surface area contributed by atoms with Crippen LogP contribution in [0.15, 0.2) is 78.9 Å². The van der Waals surface area contributed by atoms with Crippen LogP contribution < -0.4 is 15.1 Å². The molecule has 6 heteroatoms. The zero-order valence-corrected chi connectivity index (χ0v) is 15.4. The number of amides is 2. The lowest BCUT2D eigenvalue weighted by atomic mass is 10.1. The third-order valence-corrected chi connectivity index (χ3v) is 4.60. The maximum atomic E-state index is 13.2. The fourth-order valence-electron chi connectivity index (χ4n) is 3.15. The maximum absolute atomic E-state index is 13.2. The number of carbonyl (C=O) groups excluding carboxylic acids is 2. The molecule has 2 amide bonds. The van der Waals surface area contributed by atoms with E-state index in [0.717, 1.165) is 11.1 Å². The standard InChI is InChI=1S/C23H18N2O4/c26-22(24-28)14-13-16-9-11-17(12-10-16)15-25-19-6-2-4-8-21(19)29-20-7-3-1-5-18(20)23(25)27/h1-14,28H,15H2,(H,24,26). The number of para-hydroxylation sites is 3.